The topological polar surface area (TPSA) is 49.5 Å². The van der Waals surface area contributed by atoms with Crippen molar-refractivity contribution >= 4 is 11.3 Å². The first-order valence-electron chi connectivity index (χ1n) is 6.21. The van der Waals surface area contributed by atoms with E-state index < -0.39 is 0 Å². The highest BCUT2D eigenvalue weighted by molar-refractivity contribution is 7.13. The minimum Gasteiger partial charge on any atom is -0.392 e. The Hall–Kier alpha value is -1.17. The van der Waals surface area contributed by atoms with Gasteiger partial charge in [0.1, 0.15) is 0 Å². The minimum atomic E-state index is -0.192. The van der Waals surface area contributed by atoms with Crippen LogP contribution in [0.3, 0.4) is 0 Å². The third-order valence-electron chi connectivity index (χ3n) is 3.19. The van der Waals surface area contributed by atoms with Crippen molar-refractivity contribution in [1.82, 2.24) is 10.1 Å². The molecule has 1 fully saturated rings. The SMILES string of the molecule is O[C@H]1CCCN(Cc2cc(-c3cccs3)on2)C1. The second-order valence-corrected chi connectivity index (χ2v) is 5.64. The first-order chi connectivity index (χ1) is 8.81. The lowest BCUT2D eigenvalue weighted by molar-refractivity contribution is 0.0657. The van der Waals surface area contributed by atoms with Gasteiger partial charge in [-0.25, -0.2) is 0 Å². The van der Waals surface area contributed by atoms with Gasteiger partial charge >= 0.3 is 0 Å². The van der Waals surface area contributed by atoms with Gasteiger partial charge in [0.25, 0.3) is 0 Å². The Bertz CT molecular complexity index is 495. The quantitative estimate of drug-likeness (QED) is 0.924. The van der Waals surface area contributed by atoms with Crippen LogP contribution in [0.2, 0.25) is 0 Å². The fourth-order valence-electron chi connectivity index (χ4n) is 2.33. The maximum Gasteiger partial charge on any atom is 0.177 e. The van der Waals surface area contributed by atoms with Gasteiger partial charge in [0.15, 0.2) is 5.76 Å². The van der Waals surface area contributed by atoms with E-state index in [1.54, 1.807) is 11.3 Å². The van der Waals surface area contributed by atoms with Gasteiger partial charge in [0.05, 0.1) is 16.7 Å². The minimum absolute atomic E-state index is 0.192. The standard InChI is InChI=1S/C13H16N2O2S/c16-11-3-1-5-15(9-11)8-10-7-12(17-14-10)13-4-2-6-18-13/h2,4,6-7,11,16H,1,3,5,8-9H2/t11-/m0/s1. The monoisotopic (exact) mass is 264 g/mol. The maximum absolute atomic E-state index is 9.63. The van der Waals surface area contributed by atoms with Gasteiger partial charge in [-0.2, -0.15) is 0 Å². The van der Waals surface area contributed by atoms with Crippen molar-refractivity contribution < 1.29 is 9.63 Å². The van der Waals surface area contributed by atoms with Gasteiger partial charge in [-0.05, 0) is 30.8 Å². The molecule has 18 heavy (non-hydrogen) atoms. The summed E-state index contributed by atoms with van der Waals surface area (Å²) in [5.41, 5.74) is 0.938. The van der Waals surface area contributed by atoms with E-state index in [1.807, 2.05) is 23.6 Å². The average molecular weight is 264 g/mol. The molecule has 1 aliphatic rings. The number of aliphatic hydroxyl groups is 1. The Labute approximate surface area is 110 Å². The Morgan fingerprint density at radius 2 is 2.50 bits per heavy atom. The molecule has 0 radical (unpaired) electrons. The van der Waals surface area contributed by atoms with E-state index in [9.17, 15) is 5.11 Å². The number of hydrogen-bond acceptors (Lipinski definition) is 5. The van der Waals surface area contributed by atoms with Crippen molar-refractivity contribution in [1.29, 1.82) is 0 Å². The molecule has 0 bridgehead atoms. The third kappa shape index (κ3) is 2.63. The smallest absolute Gasteiger partial charge is 0.177 e. The third-order valence-corrected chi connectivity index (χ3v) is 4.07. The summed E-state index contributed by atoms with van der Waals surface area (Å²) in [7, 11) is 0. The molecule has 4 nitrogen and oxygen atoms in total. The predicted octanol–water partition coefficient (Wildman–Crippen LogP) is 2.36. The summed E-state index contributed by atoms with van der Waals surface area (Å²) >= 11 is 1.65. The number of piperidine rings is 1. The molecule has 96 valence electrons. The molecule has 0 saturated carbocycles. The number of thiophene rings is 1. The zero-order valence-electron chi connectivity index (χ0n) is 10.1. The summed E-state index contributed by atoms with van der Waals surface area (Å²) in [5.74, 6) is 0.831. The average Bonchev–Trinajstić information content (AvgIpc) is 2.98. The number of nitrogens with zero attached hydrogens (tertiary/aromatic N) is 2. The van der Waals surface area contributed by atoms with Gasteiger partial charge in [-0.15, -0.1) is 11.3 Å². The van der Waals surface area contributed by atoms with Gasteiger partial charge in [-0.3, -0.25) is 4.90 Å². The normalized spacial score (nSPS) is 21.3. The summed E-state index contributed by atoms with van der Waals surface area (Å²) < 4.78 is 5.35. The summed E-state index contributed by atoms with van der Waals surface area (Å²) in [6.45, 7) is 2.52. The molecule has 0 aromatic carbocycles. The van der Waals surface area contributed by atoms with Crippen LogP contribution < -0.4 is 0 Å². The molecule has 1 aliphatic heterocycles. The molecule has 0 amide bonds. The first-order valence-corrected chi connectivity index (χ1v) is 7.09. The molecule has 0 unspecified atom stereocenters. The van der Waals surface area contributed by atoms with Crippen molar-refractivity contribution in [2.75, 3.05) is 13.1 Å². The van der Waals surface area contributed by atoms with Crippen molar-refractivity contribution in [2.45, 2.75) is 25.5 Å². The van der Waals surface area contributed by atoms with Crippen molar-refractivity contribution in [2.24, 2.45) is 0 Å². The largest absolute Gasteiger partial charge is 0.392 e. The summed E-state index contributed by atoms with van der Waals surface area (Å²) in [5, 5.41) is 15.8. The van der Waals surface area contributed by atoms with Crippen LogP contribution in [0.25, 0.3) is 10.6 Å². The number of likely N-dealkylation sites (tertiary alicyclic amines) is 1. The van der Waals surface area contributed by atoms with Crippen LogP contribution in [0, 0.1) is 0 Å². The molecule has 5 heteroatoms. The van der Waals surface area contributed by atoms with Crippen LogP contribution in [0.1, 0.15) is 18.5 Å². The lowest BCUT2D eigenvalue weighted by atomic mass is 10.1. The molecule has 2 aromatic rings. The van der Waals surface area contributed by atoms with E-state index in [0.717, 1.165) is 48.8 Å². The number of hydrogen-bond donors (Lipinski definition) is 1. The number of β-amino-alcohol motifs (C(OH)–C–C–N with tert-alkyl or cyclic N) is 1. The molecule has 3 rings (SSSR count). The van der Waals surface area contributed by atoms with Crippen molar-refractivity contribution in [3.8, 4) is 10.6 Å². The fraction of sp³-hybridized carbons (Fsp3) is 0.462. The Balaban J connectivity index is 1.66. The van der Waals surface area contributed by atoms with E-state index in [1.165, 1.54) is 0 Å². The molecule has 3 heterocycles. The van der Waals surface area contributed by atoms with Crippen molar-refractivity contribution in [3.63, 3.8) is 0 Å². The molecule has 0 spiro atoms. The van der Waals surface area contributed by atoms with Crippen LogP contribution in [-0.2, 0) is 6.54 Å². The number of aliphatic hydroxyl groups excluding tert-OH is 1. The van der Waals surface area contributed by atoms with Crippen LogP contribution in [0.5, 0.6) is 0 Å². The second kappa shape index (κ2) is 5.22. The lowest BCUT2D eigenvalue weighted by Crippen LogP contribution is -2.37. The molecule has 1 saturated heterocycles. The maximum atomic E-state index is 9.63. The van der Waals surface area contributed by atoms with Gasteiger partial charge < -0.3 is 9.63 Å². The van der Waals surface area contributed by atoms with Crippen LogP contribution in [0.4, 0.5) is 0 Å². The molecular formula is C13H16N2O2S. The summed E-state index contributed by atoms with van der Waals surface area (Å²) in [6, 6.07) is 6.02. The van der Waals surface area contributed by atoms with Gasteiger partial charge in [0, 0.05) is 19.2 Å². The number of rotatable bonds is 3. The van der Waals surface area contributed by atoms with E-state index in [2.05, 4.69) is 10.1 Å². The molecule has 0 aliphatic carbocycles. The Morgan fingerprint density at radius 3 is 3.28 bits per heavy atom. The predicted molar refractivity (Wildman–Crippen MR) is 70.3 cm³/mol. The molecule has 2 aromatic heterocycles. The van der Waals surface area contributed by atoms with E-state index in [0.29, 0.717) is 0 Å². The first kappa shape index (κ1) is 11.9. The highest BCUT2D eigenvalue weighted by Crippen LogP contribution is 2.25. The lowest BCUT2D eigenvalue weighted by Gasteiger charge is -2.28. The fourth-order valence-corrected chi connectivity index (χ4v) is 3.00. The Morgan fingerprint density at radius 1 is 1.56 bits per heavy atom. The second-order valence-electron chi connectivity index (χ2n) is 4.69. The van der Waals surface area contributed by atoms with E-state index in [-0.39, 0.29) is 6.10 Å². The number of aromatic nitrogens is 1. The van der Waals surface area contributed by atoms with Gasteiger partial charge in [0.2, 0.25) is 0 Å². The van der Waals surface area contributed by atoms with Crippen LogP contribution in [-0.4, -0.2) is 34.4 Å². The molecular weight excluding hydrogens is 248 g/mol. The van der Waals surface area contributed by atoms with Crippen LogP contribution >= 0.6 is 11.3 Å². The summed E-state index contributed by atoms with van der Waals surface area (Å²) in [4.78, 5) is 3.33. The zero-order valence-corrected chi connectivity index (χ0v) is 10.9. The van der Waals surface area contributed by atoms with E-state index >= 15 is 0 Å². The van der Waals surface area contributed by atoms with Gasteiger partial charge in [-0.1, -0.05) is 11.2 Å². The molecule has 1 N–H and O–H groups in total. The Kier molecular flexibility index (Phi) is 3.45. The van der Waals surface area contributed by atoms with Crippen LogP contribution in [0.15, 0.2) is 28.1 Å². The molecule has 1 atom stereocenters. The van der Waals surface area contributed by atoms with E-state index in [4.69, 9.17) is 4.52 Å². The summed E-state index contributed by atoms with van der Waals surface area (Å²) in [6.07, 6.45) is 1.77. The highest BCUT2D eigenvalue weighted by Gasteiger charge is 2.19. The zero-order chi connectivity index (χ0) is 12.4. The highest BCUT2D eigenvalue weighted by atomic mass is 32.1. The van der Waals surface area contributed by atoms with Crippen molar-refractivity contribution in [3.05, 3.63) is 29.3 Å².